The second-order valence-electron chi connectivity index (χ2n) is 3.72. The summed E-state index contributed by atoms with van der Waals surface area (Å²) in [6.45, 7) is 4.42. The van der Waals surface area contributed by atoms with Crippen molar-refractivity contribution < 1.29 is 9.90 Å². The molecular weight excluding hydrogens is 152 g/mol. The smallest absolute Gasteiger partial charge is 0.0414 e. The highest BCUT2D eigenvalue weighted by Gasteiger charge is 1.94. The van der Waals surface area contributed by atoms with Crippen LogP contribution >= 0.6 is 0 Å². The number of unbranched alkanes of at least 4 members (excludes halogenated alkanes) is 3. The van der Waals surface area contributed by atoms with Gasteiger partial charge in [-0.2, -0.15) is 0 Å². The largest absolute Gasteiger partial charge is 0.550 e. The Bertz CT molecular complexity index is 119. The molecule has 0 amide bonds. The second kappa shape index (κ2) is 7.14. The van der Waals surface area contributed by atoms with Gasteiger partial charge in [-0.25, -0.2) is 0 Å². The Labute approximate surface area is 75.0 Å². The van der Waals surface area contributed by atoms with Crippen molar-refractivity contribution in [2.45, 2.75) is 52.4 Å². The number of hydrogen-bond acceptors (Lipinski definition) is 2. The van der Waals surface area contributed by atoms with Crippen LogP contribution in [0.3, 0.4) is 0 Å². The molecule has 0 aliphatic rings. The number of aliphatic carboxylic acids is 1. The van der Waals surface area contributed by atoms with Crippen LogP contribution in [0.2, 0.25) is 0 Å². The predicted molar refractivity (Wildman–Crippen MR) is 47.5 cm³/mol. The SMILES string of the molecule is CC(C)CCCCCCC(=O)[O-]. The first kappa shape index (κ1) is 11.5. The zero-order valence-electron chi connectivity index (χ0n) is 8.14. The number of hydrogen-bond donors (Lipinski definition) is 0. The third-order valence-electron chi connectivity index (χ3n) is 1.91. The van der Waals surface area contributed by atoms with E-state index >= 15 is 0 Å². The van der Waals surface area contributed by atoms with E-state index in [-0.39, 0.29) is 6.42 Å². The molecule has 0 saturated heterocycles. The van der Waals surface area contributed by atoms with Gasteiger partial charge in [0, 0.05) is 5.97 Å². The van der Waals surface area contributed by atoms with Gasteiger partial charge in [-0.05, 0) is 18.8 Å². The molecule has 0 rings (SSSR count). The van der Waals surface area contributed by atoms with E-state index in [0.717, 1.165) is 25.2 Å². The number of carbonyl (C=O) groups excluding carboxylic acids is 1. The van der Waals surface area contributed by atoms with Crippen LogP contribution in [-0.4, -0.2) is 5.97 Å². The Morgan fingerprint density at radius 3 is 2.25 bits per heavy atom. The lowest BCUT2D eigenvalue weighted by molar-refractivity contribution is -0.305. The van der Waals surface area contributed by atoms with Crippen LogP contribution in [-0.2, 0) is 4.79 Å². The molecule has 0 bridgehead atoms. The van der Waals surface area contributed by atoms with Gasteiger partial charge >= 0.3 is 0 Å². The van der Waals surface area contributed by atoms with Crippen molar-refractivity contribution >= 4 is 5.97 Å². The van der Waals surface area contributed by atoms with Crippen LogP contribution in [0.1, 0.15) is 52.4 Å². The Hall–Kier alpha value is -0.530. The molecule has 0 atom stereocenters. The molecule has 0 aromatic rings. The molecule has 0 radical (unpaired) electrons. The summed E-state index contributed by atoms with van der Waals surface area (Å²) in [6, 6.07) is 0. The monoisotopic (exact) mass is 171 g/mol. The van der Waals surface area contributed by atoms with Crippen molar-refractivity contribution in [2.75, 3.05) is 0 Å². The molecule has 0 aromatic heterocycles. The second-order valence-corrected chi connectivity index (χ2v) is 3.72. The molecule has 2 heteroatoms. The Balaban J connectivity index is 2.96. The van der Waals surface area contributed by atoms with Gasteiger partial charge in [0.25, 0.3) is 0 Å². The lowest BCUT2D eigenvalue weighted by atomic mass is 10.0. The molecule has 0 aliphatic carbocycles. The van der Waals surface area contributed by atoms with Gasteiger partial charge in [-0.3, -0.25) is 0 Å². The van der Waals surface area contributed by atoms with E-state index in [0.29, 0.717) is 0 Å². The maximum Gasteiger partial charge on any atom is 0.0414 e. The van der Waals surface area contributed by atoms with Crippen LogP contribution in [0.25, 0.3) is 0 Å². The van der Waals surface area contributed by atoms with E-state index in [1.807, 2.05) is 0 Å². The average Bonchev–Trinajstić information content (AvgIpc) is 1.95. The Morgan fingerprint density at radius 2 is 1.75 bits per heavy atom. The molecule has 0 fully saturated rings. The number of carbonyl (C=O) groups is 1. The van der Waals surface area contributed by atoms with Gasteiger partial charge in [-0.1, -0.05) is 39.5 Å². The summed E-state index contributed by atoms with van der Waals surface area (Å²) < 4.78 is 0. The van der Waals surface area contributed by atoms with Gasteiger partial charge in [0.15, 0.2) is 0 Å². The van der Waals surface area contributed by atoms with E-state index in [1.165, 1.54) is 12.8 Å². The lowest BCUT2D eigenvalue weighted by Crippen LogP contribution is -2.21. The van der Waals surface area contributed by atoms with Crippen molar-refractivity contribution in [2.24, 2.45) is 5.92 Å². The standard InChI is InChI=1S/C10H20O2/c1-9(2)7-5-3-4-6-8-10(11)12/h9H,3-8H2,1-2H3,(H,11,12)/p-1. The van der Waals surface area contributed by atoms with Crippen LogP contribution in [0.5, 0.6) is 0 Å². The van der Waals surface area contributed by atoms with Gasteiger partial charge < -0.3 is 9.90 Å². The van der Waals surface area contributed by atoms with Gasteiger partial charge in [0.2, 0.25) is 0 Å². The minimum absolute atomic E-state index is 0.224. The molecule has 12 heavy (non-hydrogen) atoms. The molecule has 2 nitrogen and oxygen atoms in total. The van der Waals surface area contributed by atoms with E-state index < -0.39 is 5.97 Å². The highest BCUT2D eigenvalue weighted by molar-refractivity contribution is 5.63. The molecule has 0 N–H and O–H groups in total. The molecule has 0 aromatic carbocycles. The maximum atomic E-state index is 10.0. The third kappa shape index (κ3) is 9.47. The van der Waals surface area contributed by atoms with Crippen molar-refractivity contribution in [3.8, 4) is 0 Å². The molecule has 0 spiro atoms. The summed E-state index contributed by atoms with van der Waals surface area (Å²) in [5.41, 5.74) is 0. The average molecular weight is 171 g/mol. The quantitative estimate of drug-likeness (QED) is 0.547. The summed E-state index contributed by atoms with van der Waals surface area (Å²) in [5, 5.41) is 10.0. The van der Waals surface area contributed by atoms with Crippen molar-refractivity contribution in [1.29, 1.82) is 0 Å². The molecule has 72 valence electrons. The number of rotatable bonds is 7. The minimum Gasteiger partial charge on any atom is -0.550 e. The number of carboxylic acids is 1. The van der Waals surface area contributed by atoms with Gasteiger partial charge in [-0.15, -0.1) is 0 Å². The highest BCUT2D eigenvalue weighted by Crippen LogP contribution is 2.09. The predicted octanol–water partition coefficient (Wildman–Crippen LogP) is 1.73. The first-order valence-corrected chi connectivity index (χ1v) is 4.82. The van der Waals surface area contributed by atoms with Crippen LogP contribution in [0, 0.1) is 5.92 Å². The normalized spacial score (nSPS) is 10.6. The van der Waals surface area contributed by atoms with Gasteiger partial charge in [0.1, 0.15) is 0 Å². The number of carboxylic acid groups (broad SMARTS) is 1. The molecular formula is C10H19O2-. The van der Waals surface area contributed by atoms with E-state index in [1.54, 1.807) is 0 Å². The van der Waals surface area contributed by atoms with Crippen LogP contribution < -0.4 is 5.11 Å². The zero-order chi connectivity index (χ0) is 9.40. The molecule has 0 unspecified atom stereocenters. The van der Waals surface area contributed by atoms with Crippen molar-refractivity contribution in [3.63, 3.8) is 0 Å². The minimum atomic E-state index is -0.918. The first-order chi connectivity index (χ1) is 5.63. The van der Waals surface area contributed by atoms with Gasteiger partial charge in [0.05, 0.1) is 0 Å². The van der Waals surface area contributed by atoms with E-state index in [2.05, 4.69) is 13.8 Å². The molecule has 0 saturated carbocycles. The first-order valence-electron chi connectivity index (χ1n) is 4.82. The summed E-state index contributed by atoms with van der Waals surface area (Å²) in [5.74, 6) is -0.148. The Kier molecular flexibility index (Phi) is 6.82. The van der Waals surface area contributed by atoms with Crippen molar-refractivity contribution in [3.05, 3.63) is 0 Å². The maximum absolute atomic E-state index is 10.0. The molecule has 0 heterocycles. The Morgan fingerprint density at radius 1 is 1.17 bits per heavy atom. The summed E-state index contributed by atoms with van der Waals surface area (Å²) in [4.78, 5) is 10.0. The summed E-state index contributed by atoms with van der Waals surface area (Å²) in [7, 11) is 0. The fourth-order valence-electron chi connectivity index (χ4n) is 1.18. The third-order valence-corrected chi connectivity index (χ3v) is 1.91. The summed E-state index contributed by atoms with van der Waals surface area (Å²) in [6.07, 6.45) is 5.67. The van der Waals surface area contributed by atoms with Crippen LogP contribution in [0.15, 0.2) is 0 Å². The highest BCUT2D eigenvalue weighted by atomic mass is 16.4. The topological polar surface area (TPSA) is 40.1 Å². The lowest BCUT2D eigenvalue weighted by Gasteiger charge is -2.04. The summed E-state index contributed by atoms with van der Waals surface area (Å²) >= 11 is 0. The van der Waals surface area contributed by atoms with E-state index in [4.69, 9.17) is 0 Å². The fourth-order valence-corrected chi connectivity index (χ4v) is 1.18. The fraction of sp³-hybridized carbons (Fsp3) is 0.900. The van der Waals surface area contributed by atoms with E-state index in [9.17, 15) is 9.90 Å². The molecule has 0 aliphatic heterocycles. The zero-order valence-corrected chi connectivity index (χ0v) is 8.14. The van der Waals surface area contributed by atoms with Crippen molar-refractivity contribution in [1.82, 2.24) is 0 Å². The van der Waals surface area contributed by atoms with Crippen LogP contribution in [0.4, 0.5) is 0 Å².